The summed E-state index contributed by atoms with van der Waals surface area (Å²) in [6.45, 7) is 2.55. The zero-order valence-corrected chi connectivity index (χ0v) is 17.8. The number of aromatic nitrogens is 3. The number of alkyl halides is 3. The summed E-state index contributed by atoms with van der Waals surface area (Å²) in [4.78, 5) is 24.4. The Morgan fingerprint density at radius 1 is 1.06 bits per heavy atom. The van der Waals surface area contributed by atoms with Crippen molar-refractivity contribution in [3.63, 3.8) is 0 Å². The SMILES string of the molecule is CCn1c(CNC(=O)c2ccccc2)nnc1SCC(=O)Nc1cccc(C(F)(F)F)c1. The number of hydrogen-bond acceptors (Lipinski definition) is 5. The van der Waals surface area contributed by atoms with Crippen LogP contribution in [0.3, 0.4) is 0 Å². The summed E-state index contributed by atoms with van der Waals surface area (Å²) < 4.78 is 40.2. The summed E-state index contributed by atoms with van der Waals surface area (Å²) in [5, 5.41) is 13.8. The van der Waals surface area contributed by atoms with E-state index in [4.69, 9.17) is 0 Å². The molecule has 3 rings (SSSR count). The zero-order chi connectivity index (χ0) is 23.1. The highest BCUT2D eigenvalue weighted by molar-refractivity contribution is 7.99. The Morgan fingerprint density at radius 3 is 2.50 bits per heavy atom. The fourth-order valence-corrected chi connectivity index (χ4v) is 3.65. The molecular formula is C21H20F3N5O2S. The van der Waals surface area contributed by atoms with Gasteiger partial charge in [0.15, 0.2) is 11.0 Å². The predicted octanol–water partition coefficient (Wildman–Crippen LogP) is 3.98. The van der Waals surface area contributed by atoms with Gasteiger partial charge in [-0.05, 0) is 37.3 Å². The normalized spacial score (nSPS) is 11.2. The van der Waals surface area contributed by atoms with E-state index in [0.29, 0.717) is 23.1 Å². The average molecular weight is 463 g/mol. The Kier molecular flexibility index (Phi) is 7.52. The van der Waals surface area contributed by atoms with Crippen molar-refractivity contribution in [3.8, 4) is 0 Å². The topological polar surface area (TPSA) is 88.9 Å². The van der Waals surface area contributed by atoms with Crippen LogP contribution >= 0.6 is 11.8 Å². The highest BCUT2D eigenvalue weighted by Gasteiger charge is 2.30. The van der Waals surface area contributed by atoms with Crippen LogP contribution in [0.15, 0.2) is 59.8 Å². The highest BCUT2D eigenvalue weighted by atomic mass is 32.2. The van der Waals surface area contributed by atoms with Crippen molar-refractivity contribution in [2.45, 2.75) is 31.3 Å². The number of nitrogens with one attached hydrogen (secondary N) is 2. The summed E-state index contributed by atoms with van der Waals surface area (Å²) >= 11 is 1.10. The van der Waals surface area contributed by atoms with Gasteiger partial charge in [-0.15, -0.1) is 10.2 Å². The summed E-state index contributed by atoms with van der Waals surface area (Å²) in [5.41, 5.74) is -0.251. The van der Waals surface area contributed by atoms with Crippen molar-refractivity contribution in [1.82, 2.24) is 20.1 Å². The molecule has 0 bridgehead atoms. The number of carbonyl (C=O) groups is 2. The van der Waals surface area contributed by atoms with E-state index in [2.05, 4.69) is 20.8 Å². The van der Waals surface area contributed by atoms with E-state index in [1.807, 2.05) is 13.0 Å². The number of hydrogen-bond donors (Lipinski definition) is 2. The molecule has 168 valence electrons. The monoisotopic (exact) mass is 463 g/mol. The van der Waals surface area contributed by atoms with Gasteiger partial charge in [-0.25, -0.2) is 0 Å². The van der Waals surface area contributed by atoms with Gasteiger partial charge in [-0.2, -0.15) is 13.2 Å². The minimum atomic E-state index is -4.49. The van der Waals surface area contributed by atoms with E-state index in [1.165, 1.54) is 12.1 Å². The Bertz CT molecular complexity index is 1090. The van der Waals surface area contributed by atoms with Crippen LogP contribution in [-0.2, 0) is 24.1 Å². The number of benzene rings is 2. The van der Waals surface area contributed by atoms with E-state index in [9.17, 15) is 22.8 Å². The minimum absolute atomic E-state index is 0.0618. The molecule has 0 atom stereocenters. The molecule has 1 aromatic heterocycles. The van der Waals surface area contributed by atoms with Crippen LogP contribution in [0.4, 0.5) is 18.9 Å². The van der Waals surface area contributed by atoms with Crippen molar-refractivity contribution >= 4 is 29.3 Å². The van der Waals surface area contributed by atoms with Gasteiger partial charge in [0.2, 0.25) is 5.91 Å². The van der Waals surface area contributed by atoms with Gasteiger partial charge in [-0.1, -0.05) is 36.0 Å². The summed E-state index contributed by atoms with van der Waals surface area (Å²) in [5.74, 6) is -0.257. The number of thioether (sulfide) groups is 1. The standard InChI is InChI=1S/C21H20F3N5O2S/c1-2-29-17(12-25-19(31)14-7-4-3-5-8-14)27-28-20(29)32-13-18(30)26-16-10-6-9-15(11-16)21(22,23)24/h3-11H,2,12-13H2,1H3,(H,25,31)(H,26,30). The van der Waals surface area contributed by atoms with Gasteiger partial charge in [0.05, 0.1) is 17.9 Å². The molecule has 0 spiro atoms. The van der Waals surface area contributed by atoms with Crippen molar-refractivity contribution in [2.24, 2.45) is 0 Å². The fraction of sp³-hybridized carbons (Fsp3) is 0.238. The predicted molar refractivity (Wildman–Crippen MR) is 114 cm³/mol. The first-order valence-corrected chi connectivity index (χ1v) is 10.6. The van der Waals surface area contributed by atoms with Gasteiger partial charge >= 0.3 is 6.18 Å². The maximum absolute atomic E-state index is 12.8. The molecule has 0 aliphatic heterocycles. The average Bonchev–Trinajstić information content (AvgIpc) is 3.18. The molecule has 7 nitrogen and oxygen atoms in total. The maximum atomic E-state index is 12.8. The molecule has 0 saturated carbocycles. The molecule has 0 aliphatic rings. The molecule has 2 N–H and O–H groups in total. The molecule has 3 aromatic rings. The first-order valence-electron chi connectivity index (χ1n) is 9.63. The lowest BCUT2D eigenvalue weighted by Gasteiger charge is -2.10. The number of carbonyl (C=O) groups excluding carboxylic acids is 2. The van der Waals surface area contributed by atoms with Crippen LogP contribution in [0, 0.1) is 0 Å². The lowest BCUT2D eigenvalue weighted by Crippen LogP contribution is -2.24. The molecule has 11 heteroatoms. The van der Waals surface area contributed by atoms with Crippen LogP contribution < -0.4 is 10.6 Å². The Balaban J connectivity index is 1.57. The van der Waals surface area contributed by atoms with E-state index in [1.54, 1.807) is 28.8 Å². The second kappa shape index (κ2) is 10.3. The molecular weight excluding hydrogens is 443 g/mol. The number of anilines is 1. The van der Waals surface area contributed by atoms with Gasteiger partial charge < -0.3 is 15.2 Å². The van der Waals surface area contributed by atoms with Crippen molar-refractivity contribution < 1.29 is 22.8 Å². The summed E-state index contributed by atoms with van der Waals surface area (Å²) in [7, 11) is 0. The van der Waals surface area contributed by atoms with Crippen LogP contribution in [0.5, 0.6) is 0 Å². The van der Waals surface area contributed by atoms with Crippen LogP contribution in [0.25, 0.3) is 0 Å². The van der Waals surface area contributed by atoms with E-state index < -0.39 is 17.6 Å². The maximum Gasteiger partial charge on any atom is 0.416 e. The number of nitrogens with zero attached hydrogens (tertiary/aromatic N) is 3. The molecule has 2 aromatic carbocycles. The van der Waals surface area contributed by atoms with Gasteiger partial charge in [-0.3, -0.25) is 9.59 Å². The smallest absolute Gasteiger partial charge is 0.345 e. The Morgan fingerprint density at radius 2 is 1.81 bits per heavy atom. The fourth-order valence-electron chi connectivity index (χ4n) is 2.83. The van der Waals surface area contributed by atoms with E-state index in [0.717, 1.165) is 23.9 Å². The van der Waals surface area contributed by atoms with Gasteiger partial charge in [0, 0.05) is 17.8 Å². The van der Waals surface area contributed by atoms with Crippen molar-refractivity contribution in [2.75, 3.05) is 11.1 Å². The molecule has 0 saturated heterocycles. The second-order valence-corrected chi connectivity index (χ2v) is 7.55. The highest BCUT2D eigenvalue weighted by Crippen LogP contribution is 2.30. The third-order valence-corrected chi connectivity index (χ3v) is 5.33. The van der Waals surface area contributed by atoms with Gasteiger partial charge in [0.1, 0.15) is 0 Å². The van der Waals surface area contributed by atoms with Gasteiger partial charge in [0.25, 0.3) is 5.91 Å². The number of rotatable bonds is 8. The Labute approximate surface area is 186 Å². The molecule has 0 fully saturated rings. The Hall–Kier alpha value is -3.34. The lowest BCUT2D eigenvalue weighted by atomic mass is 10.2. The quantitative estimate of drug-likeness (QED) is 0.494. The summed E-state index contributed by atoms with van der Waals surface area (Å²) in [6.07, 6.45) is -4.49. The van der Waals surface area contributed by atoms with Crippen LogP contribution in [-0.4, -0.2) is 32.3 Å². The molecule has 32 heavy (non-hydrogen) atoms. The third-order valence-electron chi connectivity index (χ3n) is 4.36. The third kappa shape index (κ3) is 6.10. The number of amides is 2. The van der Waals surface area contributed by atoms with Crippen molar-refractivity contribution in [1.29, 1.82) is 0 Å². The summed E-state index contributed by atoms with van der Waals surface area (Å²) in [6, 6.07) is 13.2. The molecule has 0 aliphatic carbocycles. The van der Waals surface area contributed by atoms with Crippen molar-refractivity contribution in [3.05, 3.63) is 71.5 Å². The molecule has 1 heterocycles. The van der Waals surface area contributed by atoms with E-state index >= 15 is 0 Å². The molecule has 0 unspecified atom stereocenters. The second-order valence-electron chi connectivity index (χ2n) is 6.61. The first-order chi connectivity index (χ1) is 15.3. The van der Waals surface area contributed by atoms with Crippen LogP contribution in [0.2, 0.25) is 0 Å². The largest absolute Gasteiger partial charge is 0.416 e. The van der Waals surface area contributed by atoms with Crippen LogP contribution in [0.1, 0.15) is 28.7 Å². The zero-order valence-electron chi connectivity index (χ0n) is 17.0. The van der Waals surface area contributed by atoms with E-state index in [-0.39, 0.29) is 23.9 Å². The number of halogens is 3. The lowest BCUT2D eigenvalue weighted by molar-refractivity contribution is -0.137. The molecule has 0 radical (unpaired) electrons. The minimum Gasteiger partial charge on any atom is -0.345 e. The first kappa shape index (κ1) is 23.3. The molecule has 2 amide bonds.